The molecule has 1 aromatic heterocycles. The summed E-state index contributed by atoms with van der Waals surface area (Å²) < 4.78 is 6.82. The first-order chi connectivity index (χ1) is 11.8. The van der Waals surface area contributed by atoms with E-state index in [-0.39, 0.29) is 5.91 Å². The van der Waals surface area contributed by atoms with E-state index in [1.165, 1.54) is 15.6 Å². The number of hydrogen-bond acceptors (Lipinski definition) is 3. The summed E-state index contributed by atoms with van der Waals surface area (Å²) in [7, 11) is 0. The van der Waals surface area contributed by atoms with Crippen LogP contribution in [0.25, 0.3) is 10.1 Å². The third-order valence-corrected chi connectivity index (χ3v) is 4.74. The molecule has 3 rings (SSSR count). The summed E-state index contributed by atoms with van der Waals surface area (Å²) in [6.07, 6.45) is 2.47. The third kappa shape index (κ3) is 3.66. The Bertz CT molecular complexity index is 853. The average Bonchev–Trinajstić information content (AvgIpc) is 3.03. The number of nitrogens with one attached hydrogen (secondary N) is 1. The second kappa shape index (κ2) is 7.79. The number of carbonyl (C=O) groups is 1. The molecule has 3 aromatic rings. The summed E-state index contributed by atoms with van der Waals surface area (Å²) in [4.78, 5) is 12.4. The van der Waals surface area contributed by atoms with E-state index < -0.39 is 0 Å². The maximum atomic E-state index is 12.4. The number of hydrogen-bond donors (Lipinski definition) is 1. The predicted octanol–water partition coefficient (Wildman–Crippen LogP) is 4.44. The molecule has 0 aliphatic rings. The summed E-state index contributed by atoms with van der Waals surface area (Å²) in [6, 6.07) is 15.6. The number of ether oxygens (including phenoxy) is 1. The quantitative estimate of drug-likeness (QED) is 0.647. The third-order valence-electron chi connectivity index (χ3n) is 3.73. The van der Waals surface area contributed by atoms with Crippen molar-refractivity contribution in [2.45, 2.75) is 6.42 Å². The Morgan fingerprint density at radius 1 is 1.17 bits per heavy atom. The van der Waals surface area contributed by atoms with Crippen molar-refractivity contribution in [3.8, 4) is 5.75 Å². The van der Waals surface area contributed by atoms with Crippen molar-refractivity contribution < 1.29 is 9.53 Å². The average molecular weight is 337 g/mol. The van der Waals surface area contributed by atoms with Gasteiger partial charge in [0.15, 0.2) is 0 Å². The molecule has 24 heavy (non-hydrogen) atoms. The van der Waals surface area contributed by atoms with Crippen LogP contribution in [0.1, 0.15) is 15.9 Å². The molecular weight excluding hydrogens is 318 g/mol. The SMILES string of the molecule is C=CCOc1ccccc1C(=O)NCCc1csc2ccccc12. The topological polar surface area (TPSA) is 38.3 Å². The molecule has 0 spiro atoms. The minimum absolute atomic E-state index is 0.116. The van der Waals surface area contributed by atoms with Crippen molar-refractivity contribution in [1.82, 2.24) is 5.32 Å². The second-order valence-electron chi connectivity index (χ2n) is 5.36. The Hall–Kier alpha value is -2.59. The van der Waals surface area contributed by atoms with Gasteiger partial charge >= 0.3 is 0 Å². The van der Waals surface area contributed by atoms with Crippen molar-refractivity contribution in [1.29, 1.82) is 0 Å². The number of fused-ring (bicyclic) bond motifs is 1. The monoisotopic (exact) mass is 337 g/mol. The van der Waals surface area contributed by atoms with Crippen LogP contribution < -0.4 is 10.1 Å². The molecule has 0 saturated heterocycles. The standard InChI is InChI=1S/C20H19NO2S/c1-2-13-23-18-9-5-3-8-17(18)20(22)21-12-11-15-14-24-19-10-6-4-7-16(15)19/h2-10,14H,1,11-13H2,(H,21,22). The number of rotatable bonds is 7. The van der Waals surface area contributed by atoms with Gasteiger partial charge in [-0.05, 0) is 40.9 Å². The van der Waals surface area contributed by atoms with E-state index in [4.69, 9.17) is 4.74 Å². The maximum absolute atomic E-state index is 12.4. The van der Waals surface area contributed by atoms with Crippen molar-refractivity contribution in [3.63, 3.8) is 0 Å². The molecule has 1 heterocycles. The highest BCUT2D eigenvalue weighted by Gasteiger charge is 2.11. The van der Waals surface area contributed by atoms with Crippen molar-refractivity contribution in [3.05, 3.63) is 77.7 Å². The zero-order valence-electron chi connectivity index (χ0n) is 13.3. The van der Waals surface area contributed by atoms with Gasteiger partial charge in [0.2, 0.25) is 0 Å². The van der Waals surface area contributed by atoms with Crippen molar-refractivity contribution in [2.24, 2.45) is 0 Å². The van der Waals surface area contributed by atoms with Gasteiger partial charge in [0.25, 0.3) is 5.91 Å². The van der Waals surface area contributed by atoms with Crippen LogP contribution in [0.5, 0.6) is 5.75 Å². The molecule has 0 aliphatic carbocycles. The lowest BCUT2D eigenvalue weighted by Gasteiger charge is -2.10. The van der Waals surface area contributed by atoms with Gasteiger partial charge in [0, 0.05) is 11.2 Å². The Kier molecular flexibility index (Phi) is 5.29. The Balaban J connectivity index is 1.63. The van der Waals surface area contributed by atoms with Crippen molar-refractivity contribution in [2.75, 3.05) is 13.2 Å². The molecule has 0 saturated carbocycles. The number of para-hydroxylation sites is 1. The molecule has 0 bridgehead atoms. The molecule has 3 nitrogen and oxygen atoms in total. The number of carbonyl (C=O) groups excluding carboxylic acids is 1. The first kappa shape index (κ1) is 16.3. The molecule has 0 atom stereocenters. The van der Waals surface area contributed by atoms with Gasteiger partial charge in [-0.25, -0.2) is 0 Å². The molecule has 4 heteroatoms. The number of amides is 1. The molecule has 1 N–H and O–H groups in total. The molecule has 0 aliphatic heterocycles. The largest absolute Gasteiger partial charge is 0.489 e. The van der Waals surface area contributed by atoms with E-state index in [0.29, 0.717) is 24.5 Å². The lowest BCUT2D eigenvalue weighted by atomic mass is 10.1. The van der Waals surface area contributed by atoms with E-state index in [1.54, 1.807) is 29.5 Å². The highest BCUT2D eigenvalue weighted by Crippen LogP contribution is 2.25. The van der Waals surface area contributed by atoms with Gasteiger partial charge < -0.3 is 10.1 Å². The van der Waals surface area contributed by atoms with Crippen LogP contribution in [0.2, 0.25) is 0 Å². The number of benzene rings is 2. The minimum atomic E-state index is -0.116. The van der Waals surface area contributed by atoms with Crippen molar-refractivity contribution >= 4 is 27.3 Å². The van der Waals surface area contributed by atoms with Gasteiger partial charge in [0.1, 0.15) is 12.4 Å². The Labute approximate surface area is 145 Å². The first-order valence-corrected chi connectivity index (χ1v) is 8.73. The van der Waals surface area contributed by atoms with Crippen LogP contribution in [0.4, 0.5) is 0 Å². The van der Waals surface area contributed by atoms with Gasteiger partial charge in [-0.1, -0.05) is 43.0 Å². The van der Waals surface area contributed by atoms with Gasteiger partial charge in [0.05, 0.1) is 5.56 Å². The van der Waals surface area contributed by atoms with E-state index in [2.05, 4.69) is 29.4 Å². The molecule has 2 aromatic carbocycles. The predicted molar refractivity (Wildman–Crippen MR) is 100.0 cm³/mol. The molecule has 122 valence electrons. The van der Waals surface area contributed by atoms with Crippen LogP contribution in [0.3, 0.4) is 0 Å². The lowest BCUT2D eigenvalue weighted by Crippen LogP contribution is -2.26. The first-order valence-electron chi connectivity index (χ1n) is 7.85. The van der Waals surface area contributed by atoms with E-state index in [0.717, 1.165) is 6.42 Å². The molecule has 0 fully saturated rings. The van der Waals surface area contributed by atoms with Gasteiger partial charge in [-0.2, -0.15) is 0 Å². The van der Waals surface area contributed by atoms with Crippen LogP contribution in [-0.2, 0) is 6.42 Å². The molecule has 0 radical (unpaired) electrons. The lowest BCUT2D eigenvalue weighted by molar-refractivity contribution is 0.0950. The van der Waals surface area contributed by atoms with Gasteiger partial charge in [-0.3, -0.25) is 4.79 Å². The highest BCUT2D eigenvalue weighted by molar-refractivity contribution is 7.17. The highest BCUT2D eigenvalue weighted by atomic mass is 32.1. The number of thiophene rings is 1. The van der Waals surface area contributed by atoms with Crippen LogP contribution >= 0.6 is 11.3 Å². The Morgan fingerprint density at radius 2 is 1.96 bits per heavy atom. The van der Waals surface area contributed by atoms with Crippen LogP contribution in [0, 0.1) is 0 Å². The Morgan fingerprint density at radius 3 is 2.83 bits per heavy atom. The summed E-state index contributed by atoms with van der Waals surface area (Å²) in [5.41, 5.74) is 1.82. The fraction of sp³-hybridized carbons (Fsp3) is 0.150. The molecular formula is C20H19NO2S. The fourth-order valence-electron chi connectivity index (χ4n) is 2.56. The maximum Gasteiger partial charge on any atom is 0.255 e. The summed E-state index contributed by atoms with van der Waals surface area (Å²) >= 11 is 1.74. The second-order valence-corrected chi connectivity index (χ2v) is 6.27. The van der Waals surface area contributed by atoms with E-state index >= 15 is 0 Å². The van der Waals surface area contributed by atoms with E-state index in [1.807, 2.05) is 24.3 Å². The normalized spacial score (nSPS) is 10.5. The van der Waals surface area contributed by atoms with Crippen LogP contribution in [0.15, 0.2) is 66.6 Å². The summed E-state index contributed by atoms with van der Waals surface area (Å²) in [5.74, 6) is 0.463. The zero-order chi connectivity index (χ0) is 16.8. The van der Waals surface area contributed by atoms with E-state index in [9.17, 15) is 4.79 Å². The minimum Gasteiger partial charge on any atom is -0.489 e. The molecule has 0 unspecified atom stereocenters. The summed E-state index contributed by atoms with van der Waals surface area (Å²) in [6.45, 7) is 4.60. The smallest absolute Gasteiger partial charge is 0.255 e. The molecule has 1 amide bonds. The fourth-order valence-corrected chi connectivity index (χ4v) is 3.56. The zero-order valence-corrected chi connectivity index (χ0v) is 14.1. The van der Waals surface area contributed by atoms with Gasteiger partial charge in [-0.15, -0.1) is 11.3 Å². The summed E-state index contributed by atoms with van der Waals surface area (Å²) in [5, 5.41) is 6.41. The van der Waals surface area contributed by atoms with Crippen LogP contribution in [-0.4, -0.2) is 19.1 Å².